The number of hydrogen-bond acceptors (Lipinski definition) is 5. The largest absolute Gasteiger partial charge is 0.441 e. The minimum Gasteiger partial charge on any atom is -0.441 e. The molecular weight excluding hydrogens is 349 g/mol. The van der Waals surface area contributed by atoms with Crippen LogP contribution in [0.5, 0.6) is 0 Å². The predicted octanol–water partition coefficient (Wildman–Crippen LogP) is 3.25. The van der Waals surface area contributed by atoms with Gasteiger partial charge in [-0.3, -0.25) is 4.90 Å². The van der Waals surface area contributed by atoms with Crippen molar-refractivity contribution in [2.75, 3.05) is 26.3 Å². The highest BCUT2D eigenvalue weighted by molar-refractivity contribution is 5.55. The molecule has 1 N–H and O–H groups in total. The van der Waals surface area contributed by atoms with Crippen molar-refractivity contribution in [3.63, 3.8) is 0 Å². The summed E-state index contributed by atoms with van der Waals surface area (Å²) in [5, 5.41) is 9.04. The predicted molar refractivity (Wildman–Crippen MR) is 88.4 cm³/mol. The summed E-state index contributed by atoms with van der Waals surface area (Å²) in [6, 6.07) is 4.96. The van der Waals surface area contributed by atoms with Crippen LogP contribution in [0.2, 0.25) is 0 Å². The van der Waals surface area contributed by atoms with Crippen molar-refractivity contribution < 1.29 is 27.4 Å². The smallest absolute Gasteiger partial charge is 0.416 e. The first-order valence-electron chi connectivity index (χ1n) is 8.45. The Morgan fingerprint density at radius 3 is 2.88 bits per heavy atom. The summed E-state index contributed by atoms with van der Waals surface area (Å²) in [5.41, 5.74) is 0.267. The number of aromatic nitrogens is 1. The van der Waals surface area contributed by atoms with E-state index in [4.69, 9.17) is 14.3 Å². The summed E-state index contributed by atoms with van der Waals surface area (Å²) in [4.78, 5) is 6.55. The van der Waals surface area contributed by atoms with Gasteiger partial charge in [-0.15, -0.1) is 0 Å². The SMILES string of the molecule is Cc1oc(-c2cccc(C(F)(F)F)c2)nc1CN1CCO[C@H](CCO)C1. The van der Waals surface area contributed by atoms with Crippen molar-refractivity contribution in [3.8, 4) is 11.5 Å². The first-order chi connectivity index (χ1) is 12.4. The van der Waals surface area contributed by atoms with Gasteiger partial charge in [0.1, 0.15) is 5.76 Å². The summed E-state index contributed by atoms with van der Waals surface area (Å²) in [6.45, 7) is 4.33. The van der Waals surface area contributed by atoms with E-state index in [0.717, 1.165) is 18.7 Å². The fourth-order valence-electron chi connectivity index (χ4n) is 2.98. The van der Waals surface area contributed by atoms with Gasteiger partial charge in [0.15, 0.2) is 0 Å². The molecule has 0 radical (unpaired) electrons. The molecule has 0 bridgehead atoms. The molecule has 5 nitrogen and oxygen atoms in total. The van der Waals surface area contributed by atoms with Gasteiger partial charge in [0, 0.05) is 31.8 Å². The highest BCUT2D eigenvalue weighted by Crippen LogP contribution is 2.32. The molecule has 0 aliphatic carbocycles. The molecule has 1 saturated heterocycles. The highest BCUT2D eigenvalue weighted by Gasteiger charge is 2.31. The summed E-state index contributed by atoms with van der Waals surface area (Å²) < 4.78 is 49.9. The van der Waals surface area contributed by atoms with Crippen LogP contribution in [0.4, 0.5) is 13.2 Å². The number of hydrogen-bond donors (Lipinski definition) is 1. The van der Waals surface area contributed by atoms with E-state index in [1.165, 1.54) is 6.07 Å². The van der Waals surface area contributed by atoms with E-state index < -0.39 is 11.7 Å². The lowest BCUT2D eigenvalue weighted by molar-refractivity contribution is -0.137. The maximum atomic E-state index is 12.9. The van der Waals surface area contributed by atoms with Crippen LogP contribution in [0.25, 0.3) is 11.5 Å². The molecule has 1 fully saturated rings. The Hall–Kier alpha value is -1.90. The molecule has 8 heteroatoms. The van der Waals surface area contributed by atoms with Crippen LogP contribution in [0.3, 0.4) is 0 Å². The summed E-state index contributed by atoms with van der Waals surface area (Å²) in [7, 11) is 0. The molecule has 1 aliphatic heterocycles. The Balaban J connectivity index is 1.75. The average molecular weight is 370 g/mol. The zero-order valence-electron chi connectivity index (χ0n) is 14.4. The molecule has 2 aromatic rings. The van der Waals surface area contributed by atoms with Crippen LogP contribution in [-0.4, -0.2) is 47.4 Å². The van der Waals surface area contributed by atoms with Crippen molar-refractivity contribution in [2.45, 2.75) is 32.2 Å². The van der Waals surface area contributed by atoms with E-state index in [0.29, 0.717) is 43.1 Å². The standard InChI is InChI=1S/C18H21F3N2O3/c1-12-16(11-23-6-8-25-15(10-23)5-7-24)22-17(26-12)13-3-2-4-14(9-13)18(19,20)21/h2-4,9,15,24H,5-8,10-11H2,1H3/t15-/m1/s1. The topological polar surface area (TPSA) is 58.7 Å². The molecule has 0 unspecified atom stereocenters. The van der Waals surface area contributed by atoms with Crippen LogP contribution < -0.4 is 0 Å². The summed E-state index contributed by atoms with van der Waals surface area (Å²) in [5.74, 6) is 0.770. The molecule has 1 atom stereocenters. The molecule has 3 rings (SSSR count). The minimum atomic E-state index is -4.41. The molecule has 1 aromatic heterocycles. The number of benzene rings is 1. The normalized spacial score (nSPS) is 19.0. The molecule has 1 aliphatic rings. The van der Waals surface area contributed by atoms with Crippen LogP contribution in [0.1, 0.15) is 23.4 Å². The number of alkyl halides is 3. The van der Waals surface area contributed by atoms with Crippen LogP contribution in [0.15, 0.2) is 28.7 Å². The number of ether oxygens (including phenoxy) is 1. The van der Waals surface area contributed by atoms with Gasteiger partial charge in [-0.25, -0.2) is 4.98 Å². The second kappa shape index (κ2) is 7.77. The fraction of sp³-hybridized carbons (Fsp3) is 0.500. The summed E-state index contributed by atoms with van der Waals surface area (Å²) >= 11 is 0. The number of halogens is 3. The van der Waals surface area contributed by atoms with Crippen LogP contribution in [0, 0.1) is 6.92 Å². The number of morpholine rings is 1. The van der Waals surface area contributed by atoms with Crippen molar-refractivity contribution in [1.82, 2.24) is 9.88 Å². The van der Waals surface area contributed by atoms with E-state index in [1.54, 1.807) is 13.0 Å². The Morgan fingerprint density at radius 2 is 2.15 bits per heavy atom. The molecule has 0 amide bonds. The number of oxazole rings is 1. The first-order valence-corrected chi connectivity index (χ1v) is 8.45. The van der Waals surface area contributed by atoms with Crippen molar-refractivity contribution in [3.05, 3.63) is 41.3 Å². The van der Waals surface area contributed by atoms with Gasteiger partial charge < -0.3 is 14.3 Å². The molecule has 26 heavy (non-hydrogen) atoms. The van der Waals surface area contributed by atoms with Gasteiger partial charge in [-0.05, 0) is 31.5 Å². The zero-order valence-corrected chi connectivity index (χ0v) is 14.4. The lowest BCUT2D eigenvalue weighted by Crippen LogP contribution is -2.42. The van der Waals surface area contributed by atoms with Gasteiger partial charge in [-0.2, -0.15) is 13.2 Å². The third-order valence-electron chi connectivity index (χ3n) is 4.38. The van der Waals surface area contributed by atoms with E-state index in [2.05, 4.69) is 9.88 Å². The number of rotatable bonds is 5. The second-order valence-electron chi connectivity index (χ2n) is 6.34. The van der Waals surface area contributed by atoms with Gasteiger partial charge in [0.25, 0.3) is 0 Å². The average Bonchev–Trinajstić information content (AvgIpc) is 2.96. The molecule has 2 heterocycles. The van der Waals surface area contributed by atoms with E-state index in [-0.39, 0.29) is 18.6 Å². The van der Waals surface area contributed by atoms with E-state index in [1.807, 2.05) is 0 Å². The van der Waals surface area contributed by atoms with Crippen molar-refractivity contribution in [2.24, 2.45) is 0 Å². The Kier molecular flexibility index (Phi) is 5.64. The molecule has 1 aromatic carbocycles. The maximum Gasteiger partial charge on any atom is 0.416 e. The Labute approximate surface area is 149 Å². The maximum absolute atomic E-state index is 12.9. The second-order valence-corrected chi connectivity index (χ2v) is 6.34. The van der Waals surface area contributed by atoms with Gasteiger partial charge in [0.05, 0.1) is 24.0 Å². The lowest BCUT2D eigenvalue weighted by Gasteiger charge is -2.32. The van der Waals surface area contributed by atoms with Gasteiger partial charge in [-0.1, -0.05) is 6.07 Å². The lowest BCUT2D eigenvalue weighted by atomic mass is 10.1. The van der Waals surface area contributed by atoms with Crippen LogP contribution >= 0.6 is 0 Å². The number of nitrogens with zero attached hydrogens (tertiary/aromatic N) is 2. The van der Waals surface area contributed by atoms with E-state index in [9.17, 15) is 13.2 Å². The molecule has 0 saturated carbocycles. The Morgan fingerprint density at radius 1 is 1.35 bits per heavy atom. The first kappa shape index (κ1) is 18.9. The number of aliphatic hydroxyl groups excluding tert-OH is 1. The minimum absolute atomic E-state index is 0.0242. The zero-order chi connectivity index (χ0) is 18.7. The van der Waals surface area contributed by atoms with Crippen molar-refractivity contribution >= 4 is 0 Å². The van der Waals surface area contributed by atoms with Crippen molar-refractivity contribution in [1.29, 1.82) is 0 Å². The van der Waals surface area contributed by atoms with Gasteiger partial charge in [0.2, 0.25) is 5.89 Å². The summed E-state index contributed by atoms with van der Waals surface area (Å²) in [6.07, 6.45) is -3.86. The van der Waals surface area contributed by atoms with Gasteiger partial charge >= 0.3 is 6.18 Å². The molecule has 142 valence electrons. The quantitative estimate of drug-likeness (QED) is 0.876. The monoisotopic (exact) mass is 370 g/mol. The molecule has 0 spiro atoms. The van der Waals surface area contributed by atoms with Crippen LogP contribution in [-0.2, 0) is 17.5 Å². The number of aliphatic hydroxyl groups is 1. The fourth-order valence-corrected chi connectivity index (χ4v) is 2.98. The highest BCUT2D eigenvalue weighted by atomic mass is 19.4. The van der Waals surface area contributed by atoms with E-state index >= 15 is 0 Å². The molecular formula is C18H21F3N2O3. The number of aryl methyl sites for hydroxylation is 1. The third kappa shape index (κ3) is 4.44. The third-order valence-corrected chi connectivity index (χ3v) is 4.38. The Bertz CT molecular complexity index is 744.